The Labute approximate surface area is 246 Å². The molecule has 0 bridgehead atoms. The summed E-state index contributed by atoms with van der Waals surface area (Å²) in [6.45, 7) is 6.65. The molecule has 1 spiro atoms. The monoisotopic (exact) mass is 596 g/mol. The van der Waals surface area contributed by atoms with Crippen molar-refractivity contribution in [2.24, 2.45) is 12.5 Å². The van der Waals surface area contributed by atoms with E-state index in [2.05, 4.69) is 19.8 Å². The van der Waals surface area contributed by atoms with Crippen molar-refractivity contribution in [2.75, 3.05) is 59.2 Å². The van der Waals surface area contributed by atoms with Crippen LogP contribution in [0.15, 0.2) is 36.5 Å². The standard InChI is InChI=1S/C30H40N6O5S/c1-20-18-36(14-15-41-20)28-27-22(6-11-34(27)3)16-25(31-28)29(38)32-24-5-4-23(33-42(39,40)21(2)19-37)17-26(24)35-12-9-30(7-8-30)10-13-35/h4-6,11,16-17,20-21,33,37H,7-10,12-15,18-19H2,1-3H3,(H,32,38)/t20-,21-/m1/s1. The number of hydrogen-bond acceptors (Lipinski definition) is 8. The molecule has 2 aromatic heterocycles. The summed E-state index contributed by atoms with van der Waals surface area (Å²) in [5, 5.41) is 12.5. The van der Waals surface area contributed by atoms with Crippen molar-refractivity contribution in [1.29, 1.82) is 0 Å². The van der Waals surface area contributed by atoms with Crippen molar-refractivity contribution in [3.8, 4) is 0 Å². The van der Waals surface area contributed by atoms with Gasteiger partial charge in [0.2, 0.25) is 10.0 Å². The third-order valence-electron chi connectivity index (χ3n) is 9.02. The molecule has 4 heterocycles. The van der Waals surface area contributed by atoms with Crippen LogP contribution in [-0.2, 0) is 21.8 Å². The minimum absolute atomic E-state index is 0.0616. The molecule has 1 amide bonds. The third-order valence-corrected chi connectivity index (χ3v) is 10.8. The Morgan fingerprint density at radius 2 is 1.90 bits per heavy atom. The lowest BCUT2D eigenvalue weighted by Crippen LogP contribution is -2.42. The molecule has 2 aliphatic heterocycles. The van der Waals surface area contributed by atoms with Crippen LogP contribution in [0.1, 0.15) is 50.0 Å². The normalized spacial score (nSPS) is 21.0. The van der Waals surface area contributed by atoms with E-state index in [4.69, 9.17) is 9.72 Å². The number of nitrogens with one attached hydrogen (secondary N) is 2. The quantitative estimate of drug-likeness (QED) is 0.360. The Balaban J connectivity index is 1.32. The van der Waals surface area contributed by atoms with Crippen molar-refractivity contribution >= 4 is 49.7 Å². The number of fused-ring (bicyclic) bond motifs is 1. The number of morpholine rings is 1. The number of nitrogens with zero attached hydrogens (tertiary/aromatic N) is 4. The second kappa shape index (κ2) is 11.1. The molecule has 42 heavy (non-hydrogen) atoms. The summed E-state index contributed by atoms with van der Waals surface area (Å²) in [6.07, 6.45) is 6.71. The summed E-state index contributed by atoms with van der Waals surface area (Å²) in [7, 11) is -1.79. The molecule has 3 aliphatic rings. The lowest BCUT2D eigenvalue weighted by Gasteiger charge is -2.35. The Hall–Kier alpha value is -3.35. The van der Waals surface area contributed by atoms with E-state index >= 15 is 0 Å². The van der Waals surface area contributed by atoms with Crippen LogP contribution in [-0.4, -0.2) is 79.7 Å². The number of aliphatic hydroxyl groups excluding tert-OH is 1. The van der Waals surface area contributed by atoms with Gasteiger partial charge in [0.1, 0.15) is 10.9 Å². The highest BCUT2D eigenvalue weighted by molar-refractivity contribution is 7.93. The van der Waals surface area contributed by atoms with Gasteiger partial charge in [0.25, 0.3) is 5.91 Å². The fraction of sp³-hybridized carbons (Fsp3) is 0.533. The van der Waals surface area contributed by atoms with E-state index in [1.807, 2.05) is 36.9 Å². The molecule has 3 aromatic rings. The molecule has 0 unspecified atom stereocenters. The summed E-state index contributed by atoms with van der Waals surface area (Å²) in [5.74, 6) is 0.427. The third kappa shape index (κ3) is 5.67. The second-order valence-corrected chi connectivity index (χ2v) is 14.2. The maximum absolute atomic E-state index is 13.8. The van der Waals surface area contributed by atoms with Crippen molar-refractivity contribution < 1.29 is 23.1 Å². The van der Waals surface area contributed by atoms with Crippen molar-refractivity contribution in [2.45, 2.75) is 50.9 Å². The van der Waals surface area contributed by atoms with Crippen molar-refractivity contribution in [3.05, 3.63) is 42.2 Å². The average Bonchev–Trinajstić information content (AvgIpc) is 3.63. The van der Waals surface area contributed by atoms with E-state index in [0.717, 1.165) is 48.3 Å². The highest BCUT2D eigenvalue weighted by Gasteiger charge is 2.44. The van der Waals surface area contributed by atoms with Gasteiger partial charge < -0.3 is 29.5 Å². The van der Waals surface area contributed by atoms with Crippen LogP contribution in [0.2, 0.25) is 0 Å². The summed E-state index contributed by atoms with van der Waals surface area (Å²) in [4.78, 5) is 23.0. The SMILES string of the molecule is C[C@@H]1CN(c2nc(C(=O)Nc3ccc(NS(=O)(=O)[C@H](C)CO)cc3N3CCC4(CC3)CC4)cc3ccn(C)c23)CCO1. The molecular weight excluding hydrogens is 556 g/mol. The number of benzene rings is 1. The molecule has 6 rings (SSSR count). The van der Waals surface area contributed by atoms with Gasteiger partial charge in [-0.15, -0.1) is 0 Å². The van der Waals surface area contributed by atoms with E-state index in [1.165, 1.54) is 19.8 Å². The molecule has 226 valence electrons. The van der Waals surface area contributed by atoms with Crippen LogP contribution in [0.3, 0.4) is 0 Å². The first-order valence-electron chi connectivity index (χ1n) is 14.7. The average molecular weight is 597 g/mol. The molecule has 0 radical (unpaired) electrons. The summed E-state index contributed by atoms with van der Waals surface area (Å²) in [5.41, 5.74) is 3.49. The number of carbonyl (C=O) groups excluding carboxylic acids is 1. The Kier molecular flexibility index (Phi) is 7.57. The number of rotatable bonds is 8. The summed E-state index contributed by atoms with van der Waals surface area (Å²) >= 11 is 0. The second-order valence-electron chi connectivity index (χ2n) is 12.1. The number of aliphatic hydroxyl groups is 1. The maximum atomic E-state index is 13.8. The van der Waals surface area contributed by atoms with E-state index in [-0.39, 0.29) is 12.0 Å². The molecule has 3 fully saturated rings. The molecule has 1 aromatic carbocycles. The van der Waals surface area contributed by atoms with Crippen molar-refractivity contribution in [1.82, 2.24) is 9.55 Å². The van der Waals surface area contributed by atoms with Gasteiger partial charge in [-0.1, -0.05) is 0 Å². The smallest absolute Gasteiger partial charge is 0.274 e. The lowest BCUT2D eigenvalue weighted by atomic mass is 9.93. The molecular formula is C30H40N6O5S. The van der Waals surface area contributed by atoms with Crippen LogP contribution in [0, 0.1) is 5.41 Å². The number of amides is 1. The molecule has 3 N–H and O–H groups in total. The molecule has 1 aliphatic carbocycles. The minimum atomic E-state index is -3.77. The van der Waals surface area contributed by atoms with Gasteiger partial charge in [-0.25, -0.2) is 13.4 Å². The van der Waals surface area contributed by atoms with Crippen LogP contribution in [0.25, 0.3) is 10.9 Å². The number of piperidine rings is 1. The van der Waals surface area contributed by atoms with Gasteiger partial charge >= 0.3 is 0 Å². The summed E-state index contributed by atoms with van der Waals surface area (Å²) in [6, 6.07) is 8.95. The zero-order valence-corrected chi connectivity index (χ0v) is 25.3. The van der Waals surface area contributed by atoms with E-state index in [9.17, 15) is 18.3 Å². The van der Waals surface area contributed by atoms with Crippen LogP contribution in [0.5, 0.6) is 0 Å². The first kappa shape index (κ1) is 28.8. The van der Waals surface area contributed by atoms with Gasteiger partial charge in [-0.2, -0.15) is 0 Å². The van der Waals surface area contributed by atoms with Crippen LogP contribution < -0.4 is 19.8 Å². The largest absolute Gasteiger partial charge is 0.395 e. The number of anilines is 4. The lowest BCUT2D eigenvalue weighted by molar-refractivity contribution is 0.0530. The van der Waals surface area contributed by atoms with Gasteiger partial charge in [-0.05, 0) is 75.3 Å². The predicted octanol–water partition coefficient (Wildman–Crippen LogP) is 3.55. The molecule has 11 nitrogen and oxygen atoms in total. The van der Waals surface area contributed by atoms with E-state index in [1.54, 1.807) is 18.2 Å². The number of carbonyl (C=O) groups is 1. The van der Waals surface area contributed by atoms with Crippen molar-refractivity contribution in [3.63, 3.8) is 0 Å². The van der Waals surface area contributed by atoms with Gasteiger partial charge in [0.05, 0.1) is 41.9 Å². The predicted molar refractivity (Wildman–Crippen MR) is 165 cm³/mol. The van der Waals surface area contributed by atoms with Gasteiger partial charge in [0.15, 0.2) is 5.82 Å². The van der Waals surface area contributed by atoms with Crippen LogP contribution in [0.4, 0.5) is 22.9 Å². The Morgan fingerprint density at radius 1 is 1.14 bits per heavy atom. The molecule has 12 heteroatoms. The number of pyridine rings is 1. The number of aromatic nitrogens is 2. The Morgan fingerprint density at radius 3 is 2.60 bits per heavy atom. The highest BCUT2D eigenvalue weighted by atomic mass is 32.2. The zero-order chi connectivity index (χ0) is 29.6. The number of hydrogen-bond donors (Lipinski definition) is 3. The molecule has 2 atom stereocenters. The fourth-order valence-corrected chi connectivity index (χ4v) is 6.91. The fourth-order valence-electron chi connectivity index (χ4n) is 6.06. The maximum Gasteiger partial charge on any atom is 0.274 e. The highest BCUT2D eigenvalue weighted by Crippen LogP contribution is 2.54. The first-order chi connectivity index (χ1) is 20.1. The first-order valence-corrected chi connectivity index (χ1v) is 16.3. The van der Waals surface area contributed by atoms with Gasteiger partial charge in [-0.3, -0.25) is 9.52 Å². The summed E-state index contributed by atoms with van der Waals surface area (Å²) < 4.78 is 35.7. The Bertz CT molecular complexity index is 1590. The number of sulfonamides is 1. The minimum Gasteiger partial charge on any atom is -0.395 e. The van der Waals surface area contributed by atoms with Crippen LogP contribution >= 0.6 is 0 Å². The van der Waals surface area contributed by atoms with E-state index < -0.39 is 21.9 Å². The molecule has 1 saturated carbocycles. The number of aryl methyl sites for hydroxylation is 1. The van der Waals surface area contributed by atoms with Gasteiger partial charge in [0, 0.05) is 44.8 Å². The topological polar surface area (TPSA) is 129 Å². The van der Waals surface area contributed by atoms with E-state index in [0.29, 0.717) is 42.2 Å². The number of ether oxygens (including phenoxy) is 1. The zero-order valence-electron chi connectivity index (χ0n) is 24.5. The molecule has 2 saturated heterocycles.